The predicted octanol–water partition coefficient (Wildman–Crippen LogP) is 2.05. The zero-order chi connectivity index (χ0) is 11.1. The molecule has 1 N–H and O–H groups in total. The first-order valence-electron chi connectivity index (χ1n) is 4.75. The van der Waals surface area contributed by atoms with Gasteiger partial charge in [-0.05, 0) is 24.5 Å². The number of carbonyl (C=O) groups excluding carboxylic acids is 1. The third-order valence-corrected chi connectivity index (χ3v) is 2.03. The molecular weight excluding hydrogens is 192 g/mol. The number of para-hydroxylation sites is 1. The molecule has 0 heterocycles. The van der Waals surface area contributed by atoms with Crippen LogP contribution in [0.1, 0.15) is 12.0 Å². The number of rotatable bonds is 4. The van der Waals surface area contributed by atoms with Crippen molar-refractivity contribution in [1.82, 2.24) is 0 Å². The van der Waals surface area contributed by atoms with Crippen molar-refractivity contribution in [3.63, 3.8) is 0 Å². The number of hydrogen-bond donors (Lipinski definition) is 1. The molecule has 1 aromatic rings. The third kappa shape index (κ3) is 3.85. The van der Waals surface area contributed by atoms with Crippen molar-refractivity contribution in [3.05, 3.63) is 42.0 Å². The number of esters is 1. The van der Waals surface area contributed by atoms with Crippen LogP contribution in [0.4, 0.5) is 0 Å². The van der Waals surface area contributed by atoms with E-state index in [4.69, 9.17) is 0 Å². The number of methoxy groups -OCH3 is 1. The minimum Gasteiger partial charge on any atom is -0.508 e. The number of hydrogen-bond acceptors (Lipinski definition) is 3. The normalized spacial score (nSPS) is 10.5. The van der Waals surface area contributed by atoms with Crippen molar-refractivity contribution in [1.29, 1.82) is 0 Å². The van der Waals surface area contributed by atoms with E-state index in [1.165, 1.54) is 13.2 Å². The lowest BCUT2D eigenvalue weighted by molar-refractivity contribution is -0.134. The fourth-order valence-corrected chi connectivity index (χ4v) is 1.21. The van der Waals surface area contributed by atoms with E-state index in [2.05, 4.69) is 4.74 Å². The number of allylic oxidation sites excluding steroid dienone is 1. The fraction of sp³-hybridized carbons (Fsp3) is 0.250. The van der Waals surface area contributed by atoms with Crippen LogP contribution in [0.25, 0.3) is 0 Å². The predicted molar refractivity (Wildman–Crippen MR) is 57.6 cm³/mol. The highest BCUT2D eigenvalue weighted by molar-refractivity contribution is 5.81. The van der Waals surface area contributed by atoms with Gasteiger partial charge in [-0.1, -0.05) is 24.3 Å². The second kappa shape index (κ2) is 5.86. The molecule has 3 heteroatoms. The first-order chi connectivity index (χ1) is 7.24. The summed E-state index contributed by atoms with van der Waals surface area (Å²) in [6.07, 6.45) is 4.53. The zero-order valence-corrected chi connectivity index (χ0v) is 8.64. The zero-order valence-electron chi connectivity index (χ0n) is 8.64. The molecule has 3 nitrogen and oxygen atoms in total. The minimum absolute atomic E-state index is 0.295. The maximum Gasteiger partial charge on any atom is 0.330 e. The van der Waals surface area contributed by atoms with E-state index in [9.17, 15) is 9.90 Å². The van der Waals surface area contributed by atoms with Crippen molar-refractivity contribution < 1.29 is 14.6 Å². The molecule has 0 radical (unpaired) electrons. The van der Waals surface area contributed by atoms with Gasteiger partial charge in [-0.25, -0.2) is 4.79 Å². The summed E-state index contributed by atoms with van der Waals surface area (Å²) in [5, 5.41) is 9.45. The molecular formula is C12H14O3. The van der Waals surface area contributed by atoms with Gasteiger partial charge in [0, 0.05) is 6.08 Å². The maximum absolute atomic E-state index is 10.7. The summed E-state index contributed by atoms with van der Waals surface area (Å²) in [6.45, 7) is 0. The average molecular weight is 206 g/mol. The van der Waals surface area contributed by atoms with E-state index in [0.717, 1.165) is 5.56 Å². The van der Waals surface area contributed by atoms with E-state index < -0.39 is 0 Å². The summed E-state index contributed by atoms with van der Waals surface area (Å²) in [6, 6.07) is 7.17. The third-order valence-electron chi connectivity index (χ3n) is 2.03. The Kier molecular flexibility index (Phi) is 4.41. The van der Waals surface area contributed by atoms with Gasteiger partial charge in [-0.2, -0.15) is 0 Å². The Morgan fingerprint density at radius 1 is 1.47 bits per heavy atom. The van der Waals surface area contributed by atoms with Gasteiger partial charge in [0.05, 0.1) is 7.11 Å². The Balaban J connectivity index is 2.41. The summed E-state index contributed by atoms with van der Waals surface area (Å²) >= 11 is 0. The lowest BCUT2D eigenvalue weighted by Gasteiger charge is -2.00. The van der Waals surface area contributed by atoms with E-state index in [0.29, 0.717) is 18.6 Å². The van der Waals surface area contributed by atoms with Crippen LogP contribution in [-0.2, 0) is 16.0 Å². The Morgan fingerprint density at radius 2 is 2.20 bits per heavy atom. The van der Waals surface area contributed by atoms with E-state index in [1.54, 1.807) is 18.2 Å². The van der Waals surface area contributed by atoms with Crippen molar-refractivity contribution >= 4 is 5.97 Å². The first-order valence-corrected chi connectivity index (χ1v) is 4.75. The van der Waals surface area contributed by atoms with Crippen LogP contribution in [0.3, 0.4) is 0 Å². The molecule has 1 rings (SSSR count). The highest BCUT2D eigenvalue weighted by atomic mass is 16.5. The number of phenolic OH excluding ortho intramolecular Hbond substituents is 1. The number of ether oxygens (including phenoxy) is 1. The van der Waals surface area contributed by atoms with Gasteiger partial charge < -0.3 is 9.84 Å². The first kappa shape index (κ1) is 11.3. The molecule has 0 aliphatic carbocycles. The van der Waals surface area contributed by atoms with Gasteiger partial charge in [0.2, 0.25) is 0 Å². The topological polar surface area (TPSA) is 46.5 Å². The minimum atomic E-state index is -0.354. The monoisotopic (exact) mass is 206 g/mol. The van der Waals surface area contributed by atoms with Gasteiger partial charge in [-0.15, -0.1) is 0 Å². The van der Waals surface area contributed by atoms with E-state index >= 15 is 0 Å². The Morgan fingerprint density at radius 3 is 2.87 bits per heavy atom. The number of phenols is 1. The van der Waals surface area contributed by atoms with Crippen LogP contribution in [0.2, 0.25) is 0 Å². The van der Waals surface area contributed by atoms with Gasteiger partial charge in [0.15, 0.2) is 0 Å². The molecule has 0 unspecified atom stereocenters. The SMILES string of the molecule is COC(=O)/C=C/CCc1ccccc1O. The highest BCUT2D eigenvalue weighted by Crippen LogP contribution is 2.17. The van der Waals surface area contributed by atoms with Crippen molar-refractivity contribution in [2.24, 2.45) is 0 Å². The van der Waals surface area contributed by atoms with Crippen LogP contribution in [0, 0.1) is 0 Å². The molecule has 0 spiro atoms. The van der Waals surface area contributed by atoms with E-state index in [-0.39, 0.29) is 5.97 Å². The highest BCUT2D eigenvalue weighted by Gasteiger charge is 1.97. The molecule has 0 aliphatic heterocycles. The summed E-state index contributed by atoms with van der Waals surface area (Å²) in [4.78, 5) is 10.7. The summed E-state index contributed by atoms with van der Waals surface area (Å²) in [5.41, 5.74) is 0.881. The number of aromatic hydroxyl groups is 1. The molecule has 0 fully saturated rings. The van der Waals surface area contributed by atoms with Crippen LogP contribution in [0.5, 0.6) is 5.75 Å². The molecule has 80 valence electrons. The molecule has 0 saturated heterocycles. The molecule has 15 heavy (non-hydrogen) atoms. The number of aryl methyl sites for hydroxylation is 1. The van der Waals surface area contributed by atoms with Crippen molar-refractivity contribution in [2.75, 3.05) is 7.11 Å². The van der Waals surface area contributed by atoms with Crippen LogP contribution in [0.15, 0.2) is 36.4 Å². The molecule has 0 bridgehead atoms. The lowest BCUT2D eigenvalue weighted by atomic mass is 10.1. The lowest BCUT2D eigenvalue weighted by Crippen LogP contribution is -1.93. The summed E-state index contributed by atoms with van der Waals surface area (Å²) in [5.74, 6) is -0.0590. The number of carbonyl (C=O) groups is 1. The molecule has 1 aromatic carbocycles. The molecule has 0 atom stereocenters. The van der Waals surface area contributed by atoms with Gasteiger partial charge in [-0.3, -0.25) is 0 Å². The van der Waals surface area contributed by atoms with E-state index in [1.807, 2.05) is 12.1 Å². The fourth-order valence-electron chi connectivity index (χ4n) is 1.21. The maximum atomic E-state index is 10.7. The second-order valence-electron chi connectivity index (χ2n) is 3.09. The summed E-state index contributed by atoms with van der Waals surface area (Å²) < 4.78 is 4.45. The smallest absolute Gasteiger partial charge is 0.330 e. The van der Waals surface area contributed by atoms with Crippen LogP contribution >= 0.6 is 0 Å². The molecule has 0 aliphatic rings. The standard InChI is InChI=1S/C12H14O3/c1-15-12(14)9-5-3-7-10-6-2-4-8-11(10)13/h2,4-6,8-9,13H,3,7H2,1H3/b9-5+. The largest absolute Gasteiger partial charge is 0.508 e. The average Bonchev–Trinajstić information content (AvgIpc) is 2.26. The van der Waals surface area contributed by atoms with Crippen molar-refractivity contribution in [2.45, 2.75) is 12.8 Å². The van der Waals surface area contributed by atoms with Gasteiger partial charge in [0.1, 0.15) is 5.75 Å². The molecule has 0 saturated carbocycles. The second-order valence-corrected chi connectivity index (χ2v) is 3.09. The Hall–Kier alpha value is -1.77. The van der Waals surface area contributed by atoms with Crippen molar-refractivity contribution in [3.8, 4) is 5.75 Å². The quantitative estimate of drug-likeness (QED) is 0.605. The van der Waals surface area contributed by atoms with Crippen LogP contribution in [-0.4, -0.2) is 18.2 Å². The molecule has 0 aromatic heterocycles. The Labute approximate surface area is 89.0 Å². The van der Waals surface area contributed by atoms with Crippen LogP contribution < -0.4 is 0 Å². The summed E-state index contributed by atoms with van der Waals surface area (Å²) in [7, 11) is 1.34. The number of benzene rings is 1. The van der Waals surface area contributed by atoms with Gasteiger partial charge in [0.25, 0.3) is 0 Å². The Bertz CT molecular complexity index is 356. The molecule has 0 amide bonds. The van der Waals surface area contributed by atoms with Gasteiger partial charge >= 0.3 is 5.97 Å².